The Balaban J connectivity index is 2.48. The number of carbonyl (C=O) groups excluding carboxylic acids is 3. The molecule has 0 fully saturated rings. The molecule has 1 aromatic heterocycles. The fourth-order valence-corrected chi connectivity index (χ4v) is 2.50. The molecule has 1 aromatic carbocycles. The van der Waals surface area contributed by atoms with Crippen molar-refractivity contribution in [3.8, 4) is 11.6 Å². The highest BCUT2D eigenvalue weighted by Gasteiger charge is 2.43. The molecule has 29 heavy (non-hydrogen) atoms. The van der Waals surface area contributed by atoms with Crippen molar-refractivity contribution < 1.29 is 41.8 Å². The van der Waals surface area contributed by atoms with E-state index in [-0.39, 0.29) is 5.75 Å². The molecule has 0 radical (unpaired) electrons. The molecule has 0 spiro atoms. The number of carbonyl (C=O) groups is 3. The Morgan fingerprint density at radius 2 is 1.52 bits per heavy atom. The van der Waals surface area contributed by atoms with Crippen LogP contribution in [0.25, 0.3) is 0 Å². The Hall–Kier alpha value is -2.95. The van der Waals surface area contributed by atoms with Gasteiger partial charge in [-0.05, 0) is 30.3 Å². The van der Waals surface area contributed by atoms with Gasteiger partial charge < -0.3 is 14.2 Å². The second kappa shape index (κ2) is 9.03. The third-order valence-corrected chi connectivity index (χ3v) is 4.10. The van der Waals surface area contributed by atoms with Crippen molar-refractivity contribution in [3.05, 3.63) is 52.1 Å². The fraction of sp³-hybridized carbons (Fsp3) is 0.222. The van der Waals surface area contributed by atoms with Crippen LogP contribution >= 0.6 is 15.9 Å². The lowest BCUT2D eigenvalue weighted by molar-refractivity contribution is -0.156. The molecule has 0 aliphatic heterocycles. The SMILES string of the molecule is COC(=O)C(C(=O)OC)C(=O)c1ccc(Oc2ccc(Br)cc2)nc1C(F)(F)F. The van der Waals surface area contributed by atoms with Crippen LogP contribution in [0.3, 0.4) is 0 Å². The van der Waals surface area contributed by atoms with Gasteiger partial charge in [-0.15, -0.1) is 0 Å². The van der Waals surface area contributed by atoms with Crippen LogP contribution in [0.2, 0.25) is 0 Å². The highest BCUT2D eigenvalue weighted by Crippen LogP contribution is 2.34. The van der Waals surface area contributed by atoms with E-state index in [1.807, 2.05) is 0 Å². The van der Waals surface area contributed by atoms with Crippen LogP contribution in [0, 0.1) is 5.92 Å². The molecule has 0 saturated heterocycles. The summed E-state index contributed by atoms with van der Waals surface area (Å²) in [6.45, 7) is 0. The lowest BCUT2D eigenvalue weighted by Gasteiger charge is -2.16. The Morgan fingerprint density at radius 1 is 0.966 bits per heavy atom. The molecular formula is C18H13BrF3NO6. The van der Waals surface area contributed by atoms with Crippen LogP contribution in [0.5, 0.6) is 11.6 Å². The van der Waals surface area contributed by atoms with Gasteiger partial charge in [0.05, 0.1) is 19.8 Å². The third-order valence-electron chi connectivity index (χ3n) is 3.58. The molecular weight excluding hydrogens is 463 g/mol. The number of Topliss-reactive ketones (excluding diaryl/α,β-unsaturated/α-hetero) is 1. The molecule has 0 saturated carbocycles. The van der Waals surface area contributed by atoms with Gasteiger partial charge in [0.25, 0.3) is 0 Å². The fourth-order valence-electron chi connectivity index (χ4n) is 2.24. The first-order valence-electron chi connectivity index (χ1n) is 7.80. The maximum atomic E-state index is 13.5. The summed E-state index contributed by atoms with van der Waals surface area (Å²) in [6.07, 6.45) is -5.07. The molecule has 0 aliphatic carbocycles. The highest BCUT2D eigenvalue weighted by atomic mass is 79.9. The summed E-state index contributed by atoms with van der Waals surface area (Å²) < 4.78 is 55.2. The first kappa shape index (κ1) is 22.3. The van der Waals surface area contributed by atoms with Crippen molar-refractivity contribution in [1.29, 1.82) is 0 Å². The zero-order valence-electron chi connectivity index (χ0n) is 15.0. The summed E-state index contributed by atoms with van der Waals surface area (Å²) in [5, 5.41) is 0. The molecule has 0 aliphatic rings. The number of methoxy groups -OCH3 is 2. The van der Waals surface area contributed by atoms with Gasteiger partial charge in [0.1, 0.15) is 5.75 Å². The summed E-state index contributed by atoms with van der Waals surface area (Å²) in [5.74, 6) is -6.63. The van der Waals surface area contributed by atoms with Crippen LogP contribution in [0.4, 0.5) is 13.2 Å². The molecule has 0 bridgehead atoms. The Labute approximate surface area is 170 Å². The number of pyridine rings is 1. The maximum absolute atomic E-state index is 13.5. The second-order valence-corrected chi connectivity index (χ2v) is 6.36. The number of ketones is 1. The van der Waals surface area contributed by atoms with Gasteiger partial charge in [-0.2, -0.15) is 13.2 Å². The number of nitrogens with zero attached hydrogens (tertiary/aromatic N) is 1. The Bertz CT molecular complexity index is 914. The molecule has 1 heterocycles. The second-order valence-electron chi connectivity index (χ2n) is 5.44. The van der Waals surface area contributed by atoms with Crippen molar-refractivity contribution >= 4 is 33.7 Å². The maximum Gasteiger partial charge on any atom is 0.434 e. The van der Waals surface area contributed by atoms with Crippen LogP contribution in [0.15, 0.2) is 40.9 Å². The normalized spacial score (nSPS) is 11.1. The van der Waals surface area contributed by atoms with E-state index >= 15 is 0 Å². The lowest BCUT2D eigenvalue weighted by Crippen LogP contribution is -2.35. The highest BCUT2D eigenvalue weighted by molar-refractivity contribution is 9.10. The van der Waals surface area contributed by atoms with Crippen LogP contribution in [-0.2, 0) is 25.2 Å². The number of benzene rings is 1. The van der Waals surface area contributed by atoms with Gasteiger partial charge in [0.15, 0.2) is 11.5 Å². The Morgan fingerprint density at radius 3 is 2.00 bits per heavy atom. The minimum absolute atomic E-state index is 0.204. The number of halogens is 4. The average Bonchev–Trinajstić information content (AvgIpc) is 2.68. The third kappa shape index (κ3) is 5.31. The predicted molar refractivity (Wildman–Crippen MR) is 95.3 cm³/mol. The molecule has 0 unspecified atom stereocenters. The Kier molecular flexibility index (Phi) is 6.96. The van der Waals surface area contributed by atoms with Gasteiger partial charge >= 0.3 is 18.1 Å². The molecule has 2 rings (SSSR count). The number of ether oxygens (including phenoxy) is 3. The molecule has 2 aromatic rings. The minimum Gasteiger partial charge on any atom is -0.468 e. The lowest BCUT2D eigenvalue weighted by atomic mass is 9.96. The van der Waals surface area contributed by atoms with Gasteiger partial charge in [-0.1, -0.05) is 15.9 Å². The average molecular weight is 476 g/mol. The number of aromatic nitrogens is 1. The minimum atomic E-state index is -5.07. The van der Waals surface area contributed by atoms with E-state index in [4.69, 9.17) is 4.74 Å². The van der Waals surface area contributed by atoms with E-state index < -0.39 is 47.0 Å². The van der Waals surface area contributed by atoms with Crippen molar-refractivity contribution in [1.82, 2.24) is 4.98 Å². The van der Waals surface area contributed by atoms with Gasteiger partial charge in [0.2, 0.25) is 11.8 Å². The van der Waals surface area contributed by atoms with Crippen molar-refractivity contribution in [2.45, 2.75) is 6.18 Å². The first-order chi connectivity index (χ1) is 13.6. The van der Waals surface area contributed by atoms with E-state index in [2.05, 4.69) is 30.4 Å². The van der Waals surface area contributed by atoms with E-state index in [1.54, 1.807) is 12.1 Å². The van der Waals surface area contributed by atoms with Crippen LogP contribution in [0.1, 0.15) is 16.1 Å². The number of esters is 2. The molecule has 11 heteroatoms. The summed E-state index contributed by atoms with van der Waals surface area (Å²) in [5.41, 5.74) is -2.61. The van der Waals surface area contributed by atoms with E-state index in [1.165, 1.54) is 12.1 Å². The van der Waals surface area contributed by atoms with E-state index in [0.717, 1.165) is 30.8 Å². The zero-order chi connectivity index (χ0) is 21.8. The largest absolute Gasteiger partial charge is 0.468 e. The summed E-state index contributed by atoms with van der Waals surface area (Å²) in [6, 6.07) is 7.97. The summed E-state index contributed by atoms with van der Waals surface area (Å²) >= 11 is 3.21. The topological polar surface area (TPSA) is 91.8 Å². The molecule has 0 amide bonds. The number of hydrogen-bond donors (Lipinski definition) is 0. The molecule has 0 atom stereocenters. The van der Waals surface area contributed by atoms with Crippen LogP contribution < -0.4 is 4.74 Å². The standard InChI is InChI=1S/C18H13BrF3NO6/c1-27-16(25)13(17(26)28-2)14(24)11-7-8-12(23-15(11)18(20,21)22)29-10-5-3-9(19)4-6-10/h3-8,13H,1-2H3. The quantitative estimate of drug-likeness (QED) is 0.356. The summed E-state index contributed by atoms with van der Waals surface area (Å²) in [4.78, 5) is 39.4. The summed E-state index contributed by atoms with van der Waals surface area (Å²) in [7, 11) is 1.76. The van der Waals surface area contributed by atoms with Gasteiger partial charge in [-0.3, -0.25) is 14.4 Å². The van der Waals surface area contributed by atoms with Gasteiger partial charge in [0, 0.05) is 10.5 Å². The molecule has 7 nitrogen and oxygen atoms in total. The monoisotopic (exact) mass is 475 g/mol. The molecule has 0 N–H and O–H groups in total. The molecule has 154 valence electrons. The van der Waals surface area contributed by atoms with E-state index in [0.29, 0.717) is 0 Å². The van der Waals surface area contributed by atoms with Crippen molar-refractivity contribution in [2.75, 3.05) is 14.2 Å². The predicted octanol–water partition coefficient (Wildman–Crippen LogP) is 3.80. The van der Waals surface area contributed by atoms with Gasteiger partial charge in [-0.25, -0.2) is 4.98 Å². The number of alkyl halides is 3. The first-order valence-corrected chi connectivity index (χ1v) is 8.59. The zero-order valence-corrected chi connectivity index (χ0v) is 16.5. The smallest absolute Gasteiger partial charge is 0.434 e. The number of hydrogen-bond acceptors (Lipinski definition) is 7. The van der Waals surface area contributed by atoms with E-state index in [9.17, 15) is 27.6 Å². The van der Waals surface area contributed by atoms with Crippen molar-refractivity contribution in [3.63, 3.8) is 0 Å². The van der Waals surface area contributed by atoms with Crippen LogP contribution in [-0.4, -0.2) is 36.9 Å². The van der Waals surface area contributed by atoms with Crippen molar-refractivity contribution in [2.24, 2.45) is 5.92 Å². The number of rotatable bonds is 6.